The second-order valence-corrected chi connectivity index (χ2v) is 19.0. The van der Waals surface area contributed by atoms with Crippen molar-refractivity contribution in [2.24, 2.45) is 22.9 Å². The van der Waals surface area contributed by atoms with E-state index < -0.39 is 79.8 Å². The Bertz CT molecular complexity index is 2390. The van der Waals surface area contributed by atoms with Crippen LogP contribution in [0.3, 0.4) is 0 Å². The zero-order valence-electron chi connectivity index (χ0n) is 41.0. The number of hydrogen-bond donors (Lipinski definition) is 0. The third-order valence-corrected chi connectivity index (χ3v) is 14.3. The zero-order chi connectivity index (χ0) is 48.9. The van der Waals surface area contributed by atoms with Gasteiger partial charge in [-0.05, 0) is 52.0 Å². The molecule has 0 bridgehead atoms. The van der Waals surface area contributed by atoms with Crippen molar-refractivity contribution in [2.45, 2.75) is 141 Å². The largest absolute Gasteiger partial charge is 0.374 e. The van der Waals surface area contributed by atoms with Crippen LogP contribution in [-0.2, 0) is 78.5 Å². The van der Waals surface area contributed by atoms with Crippen LogP contribution in [0.1, 0.15) is 68.2 Å². The third-order valence-electron chi connectivity index (χ3n) is 14.3. The van der Waals surface area contributed by atoms with Gasteiger partial charge in [0, 0.05) is 10.5 Å². The lowest BCUT2D eigenvalue weighted by atomic mass is 9.82. The van der Waals surface area contributed by atoms with Crippen molar-refractivity contribution in [2.75, 3.05) is 13.2 Å². The second-order valence-electron chi connectivity index (χ2n) is 19.0. The molecular weight excluding hydrogens is 903 g/mol. The van der Waals surface area contributed by atoms with Gasteiger partial charge >= 0.3 is 0 Å². The van der Waals surface area contributed by atoms with Crippen LogP contribution in [0.15, 0.2) is 157 Å². The number of rotatable bonds is 20. The van der Waals surface area contributed by atoms with Crippen molar-refractivity contribution in [3.63, 3.8) is 0 Å². The zero-order valence-corrected chi connectivity index (χ0v) is 41.0. The number of azide groups is 1. The average molecular weight is 970 g/mol. The second kappa shape index (κ2) is 25.1. The molecule has 7 unspecified atom stereocenters. The molecule has 4 aliphatic rings. The predicted octanol–water partition coefficient (Wildman–Crippen LogP) is 10.6. The highest BCUT2D eigenvalue weighted by Gasteiger charge is 2.56. The average Bonchev–Trinajstić information content (AvgIpc) is 3.41. The summed E-state index contributed by atoms with van der Waals surface area (Å²) in [4.78, 5) is 3.27. The normalized spacial score (nSPS) is 32.8. The highest BCUT2D eigenvalue weighted by atomic mass is 16.8. The number of ether oxygens (including phenoxy) is 11. The van der Waals surface area contributed by atoms with Gasteiger partial charge in [-0.15, -0.1) is 0 Å². The van der Waals surface area contributed by atoms with Crippen molar-refractivity contribution >= 4 is 0 Å². The van der Waals surface area contributed by atoms with E-state index in [1.807, 2.05) is 146 Å². The highest BCUT2D eigenvalue weighted by Crippen LogP contribution is 2.43. The van der Waals surface area contributed by atoms with Crippen LogP contribution >= 0.6 is 0 Å². The first kappa shape index (κ1) is 50.9. The third kappa shape index (κ3) is 12.8. The van der Waals surface area contributed by atoms with Crippen LogP contribution in [0, 0.1) is 17.8 Å². The molecule has 9 rings (SSSR count). The Morgan fingerprint density at radius 2 is 1.03 bits per heavy atom. The molecule has 16 atom stereocenters. The Labute approximate surface area is 417 Å². The lowest BCUT2D eigenvalue weighted by Gasteiger charge is -2.53. The van der Waals surface area contributed by atoms with Gasteiger partial charge in [0.25, 0.3) is 0 Å². The topological polar surface area (TPSA) is 150 Å². The molecule has 0 saturated carbocycles. The van der Waals surface area contributed by atoms with E-state index in [0.29, 0.717) is 13.2 Å². The van der Waals surface area contributed by atoms with E-state index in [1.54, 1.807) is 0 Å². The van der Waals surface area contributed by atoms with E-state index in [2.05, 4.69) is 42.9 Å². The lowest BCUT2D eigenvalue weighted by Crippen LogP contribution is -2.67. The minimum Gasteiger partial charge on any atom is -0.374 e. The van der Waals surface area contributed by atoms with E-state index in [9.17, 15) is 5.53 Å². The molecule has 71 heavy (non-hydrogen) atoms. The molecule has 0 amide bonds. The Morgan fingerprint density at radius 3 is 1.61 bits per heavy atom. The molecular formula is C57H67N3O11. The summed E-state index contributed by atoms with van der Waals surface area (Å²) in [5.41, 5.74) is 14.8. The van der Waals surface area contributed by atoms with Gasteiger partial charge in [0.2, 0.25) is 0 Å². The highest BCUT2D eigenvalue weighted by molar-refractivity contribution is 5.18. The van der Waals surface area contributed by atoms with Gasteiger partial charge in [-0.2, -0.15) is 0 Å². The van der Waals surface area contributed by atoms with Crippen molar-refractivity contribution in [1.29, 1.82) is 0 Å². The standard InChI is InChI=1S/C57H67N3O11/c1-5-45-37(2)38(3)50(62-32-41-23-13-7-14-24-41)56(66-45)71-52-51-47(36-65-54(70-51)44-29-19-10-20-30-44)68-57(53(52)63-33-42-25-15-8-16-26-42)69-49-39(4)48(59-60-58)55(64-34-43-27-17-9-18-28-43)67-46(49)35-61-31-40-21-11-6-12-22-40/h6-30,37-39,45-57H,5,31-36H2,1-4H3/t37-,38?,39-,45-,46?,47?,48?,49-,50?,51+,52-,53?,54?,55+,56+,57-/m0/s1. The summed E-state index contributed by atoms with van der Waals surface area (Å²) >= 11 is 0. The minimum absolute atomic E-state index is 0.0630. The predicted molar refractivity (Wildman–Crippen MR) is 264 cm³/mol. The van der Waals surface area contributed by atoms with Crippen LogP contribution in [0.25, 0.3) is 10.4 Å². The Hall–Kier alpha value is -5.03. The first-order chi connectivity index (χ1) is 34.9. The number of benzene rings is 5. The molecule has 14 heteroatoms. The summed E-state index contributed by atoms with van der Waals surface area (Å²) in [5, 5.41) is 4.27. The molecule has 4 fully saturated rings. The monoisotopic (exact) mass is 969 g/mol. The molecule has 376 valence electrons. The van der Waals surface area contributed by atoms with E-state index in [1.165, 1.54) is 0 Å². The van der Waals surface area contributed by atoms with Crippen LogP contribution in [0.2, 0.25) is 0 Å². The van der Waals surface area contributed by atoms with E-state index in [-0.39, 0.29) is 44.4 Å². The van der Waals surface area contributed by atoms with Gasteiger partial charge in [0.15, 0.2) is 25.2 Å². The molecule has 0 spiro atoms. The van der Waals surface area contributed by atoms with Crippen LogP contribution < -0.4 is 0 Å². The molecule has 0 N–H and O–H groups in total. The summed E-state index contributed by atoms with van der Waals surface area (Å²) in [6.45, 7) is 9.98. The summed E-state index contributed by atoms with van der Waals surface area (Å²) in [6.07, 6.45) is -7.91. The maximum absolute atomic E-state index is 9.99. The Morgan fingerprint density at radius 1 is 0.521 bits per heavy atom. The number of hydrogen-bond acceptors (Lipinski definition) is 12. The summed E-state index contributed by atoms with van der Waals surface area (Å²) in [5.74, 6) is -0.218. The molecule has 14 nitrogen and oxygen atoms in total. The van der Waals surface area contributed by atoms with Crippen LogP contribution in [0.5, 0.6) is 0 Å². The maximum Gasteiger partial charge on any atom is 0.187 e. The summed E-state index contributed by atoms with van der Waals surface area (Å²) in [7, 11) is 0. The molecule has 5 aromatic rings. The maximum atomic E-state index is 9.99. The van der Waals surface area contributed by atoms with Crippen molar-refractivity contribution in [1.82, 2.24) is 0 Å². The van der Waals surface area contributed by atoms with Crippen molar-refractivity contribution in [3.8, 4) is 0 Å². The lowest BCUT2D eigenvalue weighted by molar-refractivity contribution is -0.405. The number of nitrogens with zero attached hydrogens (tertiary/aromatic N) is 3. The fraction of sp³-hybridized carbons (Fsp3) is 0.474. The van der Waals surface area contributed by atoms with Crippen LogP contribution in [-0.4, -0.2) is 87.0 Å². The Balaban J connectivity index is 1.07. The molecule has 0 aliphatic carbocycles. The van der Waals surface area contributed by atoms with Crippen molar-refractivity contribution < 1.29 is 52.1 Å². The van der Waals surface area contributed by atoms with Gasteiger partial charge in [-0.25, -0.2) is 0 Å². The minimum atomic E-state index is -1.09. The van der Waals surface area contributed by atoms with Crippen LogP contribution in [0.4, 0.5) is 0 Å². The van der Waals surface area contributed by atoms with Gasteiger partial charge in [-0.3, -0.25) is 0 Å². The van der Waals surface area contributed by atoms with Gasteiger partial charge in [0.1, 0.15) is 36.6 Å². The van der Waals surface area contributed by atoms with Gasteiger partial charge in [-0.1, -0.05) is 184 Å². The van der Waals surface area contributed by atoms with Gasteiger partial charge in [0.05, 0.1) is 57.9 Å². The quantitative estimate of drug-likeness (QED) is 0.0416. The van der Waals surface area contributed by atoms with E-state index in [0.717, 1.165) is 34.2 Å². The smallest absolute Gasteiger partial charge is 0.187 e. The fourth-order valence-electron chi connectivity index (χ4n) is 10.1. The molecule has 4 aliphatic heterocycles. The van der Waals surface area contributed by atoms with E-state index >= 15 is 0 Å². The molecule has 4 heterocycles. The molecule has 4 saturated heterocycles. The first-order valence-electron chi connectivity index (χ1n) is 25.1. The fourth-order valence-corrected chi connectivity index (χ4v) is 10.1. The molecule has 0 aromatic heterocycles. The first-order valence-corrected chi connectivity index (χ1v) is 25.1. The van der Waals surface area contributed by atoms with Crippen molar-refractivity contribution in [3.05, 3.63) is 190 Å². The van der Waals surface area contributed by atoms with Gasteiger partial charge < -0.3 is 52.1 Å². The van der Waals surface area contributed by atoms with E-state index in [4.69, 9.17) is 52.1 Å². The summed E-state index contributed by atoms with van der Waals surface area (Å²) < 4.78 is 75.6. The Kier molecular flexibility index (Phi) is 18.0. The number of fused-ring (bicyclic) bond motifs is 1. The summed E-state index contributed by atoms with van der Waals surface area (Å²) in [6, 6.07) is 48.9. The molecule has 0 radical (unpaired) electrons. The SMILES string of the molecule is CC[C@@H]1O[C@H](O[C@@H]2C(OCc3ccccc3)[C@H](O[C@@H]3C(COCc4ccccc4)O[C@@H](OCc4ccccc4)C(N=[N+]=[N-])[C@@H]3C)OC3COC(c4ccccc4)O[C@H]32)C(OCc2ccccc2)C(C)[C@@H]1C. The molecule has 5 aromatic carbocycles.